The van der Waals surface area contributed by atoms with Gasteiger partial charge < -0.3 is 14.4 Å². The van der Waals surface area contributed by atoms with E-state index in [4.69, 9.17) is 4.74 Å². The number of amides is 1. The Kier molecular flexibility index (Phi) is 6.70. The van der Waals surface area contributed by atoms with Crippen molar-refractivity contribution < 1.29 is 27.4 Å². The average Bonchev–Trinajstić information content (AvgIpc) is 2.72. The summed E-state index contributed by atoms with van der Waals surface area (Å²) in [6.45, 7) is 3.13. The first-order valence-electron chi connectivity index (χ1n) is 9.76. The van der Waals surface area contributed by atoms with Gasteiger partial charge in [-0.25, -0.2) is 9.18 Å². The molecule has 160 valence electrons. The van der Waals surface area contributed by atoms with Gasteiger partial charge in [-0.2, -0.15) is 8.78 Å². The molecule has 1 saturated heterocycles. The largest absolute Gasteiger partial charge is 0.438 e. The number of carbonyl (C=O) groups excluding carboxylic acids is 1. The van der Waals surface area contributed by atoms with Crippen LogP contribution in [-0.4, -0.2) is 24.1 Å². The highest BCUT2D eigenvalue weighted by Crippen LogP contribution is 2.40. The van der Waals surface area contributed by atoms with Gasteiger partial charge >= 0.3 is 12.7 Å². The molecule has 4 nitrogen and oxygen atoms in total. The molecule has 1 aliphatic heterocycles. The molecular weight excluding hydrogens is 395 g/mol. The van der Waals surface area contributed by atoms with E-state index in [1.807, 2.05) is 6.92 Å². The number of ether oxygens (including phenoxy) is 2. The summed E-state index contributed by atoms with van der Waals surface area (Å²) in [5.74, 6) is -0.295. The highest BCUT2D eigenvalue weighted by Gasteiger charge is 2.43. The summed E-state index contributed by atoms with van der Waals surface area (Å²) < 4.78 is 48.3. The Morgan fingerprint density at radius 2 is 1.87 bits per heavy atom. The molecule has 0 aromatic heterocycles. The van der Waals surface area contributed by atoms with Crippen molar-refractivity contribution in [2.24, 2.45) is 0 Å². The zero-order chi connectivity index (χ0) is 21.7. The third-order valence-electron chi connectivity index (χ3n) is 5.45. The Balaban J connectivity index is 1.77. The summed E-state index contributed by atoms with van der Waals surface area (Å²) in [6.07, 6.45) is 3.02. The van der Waals surface area contributed by atoms with Crippen molar-refractivity contribution in [1.82, 2.24) is 4.90 Å². The van der Waals surface area contributed by atoms with Gasteiger partial charge in [-0.3, -0.25) is 0 Å². The zero-order valence-electron chi connectivity index (χ0n) is 16.7. The van der Waals surface area contributed by atoms with Crippen molar-refractivity contribution >= 4 is 6.09 Å². The molecule has 2 aromatic carbocycles. The molecular formula is C23H24F3NO3. The van der Waals surface area contributed by atoms with E-state index in [1.165, 1.54) is 24.3 Å². The molecule has 7 heteroatoms. The molecule has 0 radical (unpaired) electrons. The normalized spacial score (nSPS) is 20.0. The molecule has 2 aromatic rings. The van der Waals surface area contributed by atoms with Crippen LogP contribution >= 0.6 is 0 Å². The Labute approximate surface area is 173 Å². The Morgan fingerprint density at radius 3 is 2.43 bits per heavy atom. The van der Waals surface area contributed by atoms with Crippen molar-refractivity contribution in [1.29, 1.82) is 0 Å². The zero-order valence-corrected chi connectivity index (χ0v) is 16.7. The third-order valence-corrected chi connectivity index (χ3v) is 5.45. The van der Waals surface area contributed by atoms with Crippen LogP contribution in [0, 0.1) is 5.82 Å². The van der Waals surface area contributed by atoms with Crippen molar-refractivity contribution in [2.75, 3.05) is 6.54 Å². The first kappa shape index (κ1) is 21.7. The molecule has 3 rings (SSSR count). The molecule has 0 aliphatic carbocycles. The van der Waals surface area contributed by atoms with Gasteiger partial charge in [0.15, 0.2) is 0 Å². The lowest BCUT2D eigenvalue weighted by Gasteiger charge is -2.43. The molecule has 30 heavy (non-hydrogen) atoms. The van der Waals surface area contributed by atoms with Crippen LogP contribution in [0.1, 0.15) is 43.4 Å². The minimum absolute atomic E-state index is 0.0573. The highest BCUT2D eigenvalue weighted by molar-refractivity contribution is 5.70. The van der Waals surface area contributed by atoms with Crippen LogP contribution < -0.4 is 4.74 Å². The predicted octanol–water partition coefficient (Wildman–Crippen LogP) is 6.19. The molecule has 2 atom stereocenters. The Morgan fingerprint density at radius 1 is 1.20 bits per heavy atom. The minimum atomic E-state index is -2.89. The summed E-state index contributed by atoms with van der Waals surface area (Å²) >= 11 is 0. The number of alkyl halides is 2. The topological polar surface area (TPSA) is 38.8 Å². The molecule has 1 heterocycles. The smallest absolute Gasteiger partial charge is 0.411 e. The summed E-state index contributed by atoms with van der Waals surface area (Å²) in [5, 5.41) is 0. The van der Waals surface area contributed by atoms with Crippen LogP contribution in [0.25, 0.3) is 0 Å². The lowest BCUT2D eigenvalue weighted by atomic mass is 9.84. The predicted molar refractivity (Wildman–Crippen MR) is 107 cm³/mol. The molecule has 1 unspecified atom stereocenters. The van der Waals surface area contributed by atoms with E-state index in [0.29, 0.717) is 25.8 Å². The summed E-state index contributed by atoms with van der Waals surface area (Å²) in [6, 6.07) is 11.9. The van der Waals surface area contributed by atoms with Crippen LogP contribution in [0.4, 0.5) is 18.0 Å². The Hall–Kier alpha value is -2.96. The van der Waals surface area contributed by atoms with Crippen LogP contribution in [0.15, 0.2) is 61.2 Å². The second-order valence-electron chi connectivity index (χ2n) is 7.26. The lowest BCUT2D eigenvalue weighted by molar-refractivity contribution is -0.0649. The van der Waals surface area contributed by atoms with Crippen molar-refractivity contribution in [3.63, 3.8) is 0 Å². The van der Waals surface area contributed by atoms with Gasteiger partial charge in [-0.15, -0.1) is 6.58 Å². The fourth-order valence-corrected chi connectivity index (χ4v) is 3.74. The van der Waals surface area contributed by atoms with E-state index in [2.05, 4.69) is 11.3 Å². The maximum Gasteiger partial charge on any atom is 0.411 e. The van der Waals surface area contributed by atoms with E-state index in [9.17, 15) is 18.0 Å². The number of rotatable bonds is 8. The number of halogens is 3. The molecule has 1 amide bonds. The number of benzene rings is 2. The number of cyclic esters (lactones) is 1. The number of hydrogen-bond acceptors (Lipinski definition) is 3. The van der Waals surface area contributed by atoms with Gasteiger partial charge in [-0.1, -0.05) is 30.3 Å². The summed E-state index contributed by atoms with van der Waals surface area (Å²) in [5.41, 5.74) is 0.679. The molecule has 1 aliphatic rings. The lowest BCUT2D eigenvalue weighted by Crippen LogP contribution is -2.48. The summed E-state index contributed by atoms with van der Waals surface area (Å²) in [7, 11) is 0. The molecule has 0 N–H and O–H groups in total. The van der Waals surface area contributed by atoms with E-state index in [-0.39, 0.29) is 17.6 Å². The van der Waals surface area contributed by atoms with Gasteiger partial charge in [0.2, 0.25) is 0 Å². The van der Waals surface area contributed by atoms with Gasteiger partial charge in [-0.05, 0) is 55.2 Å². The first-order chi connectivity index (χ1) is 14.3. The van der Waals surface area contributed by atoms with Crippen molar-refractivity contribution in [3.8, 4) is 5.75 Å². The molecule has 1 fully saturated rings. The van der Waals surface area contributed by atoms with Crippen LogP contribution in [0.5, 0.6) is 5.75 Å². The van der Waals surface area contributed by atoms with E-state index in [1.54, 1.807) is 35.2 Å². The quantitative estimate of drug-likeness (QED) is 0.479. The number of carbonyl (C=O) groups is 1. The van der Waals surface area contributed by atoms with Crippen LogP contribution in [0.3, 0.4) is 0 Å². The maximum absolute atomic E-state index is 13.4. The Bertz CT molecular complexity index is 870. The third kappa shape index (κ3) is 4.78. The van der Waals surface area contributed by atoms with Crippen molar-refractivity contribution in [2.45, 2.75) is 44.4 Å². The van der Waals surface area contributed by atoms with Gasteiger partial charge in [0.1, 0.15) is 17.2 Å². The fraction of sp³-hybridized carbons (Fsp3) is 0.348. The molecule has 0 saturated carbocycles. The number of allylic oxidation sites excluding steroid dienone is 1. The monoisotopic (exact) mass is 419 g/mol. The highest BCUT2D eigenvalue weighted by atomic mass is 19.3. The summed E-state index contributed by atoms with van der Waals surface area (Å²) in [4.78, 5) is 14.5. The molecule has 0 spiro atoms. The number of nitrogens with zero attached hydrogens (tertiary/aromatic N) is 1. The van der Waals surface area contributed by atoms with E-state index >= 15 is 0 Å². The van der Waals surface area contributed by atoms with Gasteiger partial charge in [0, 0.05) is 13.0 Å². The minimum Gasteiger partial charge on any atom is -0.438 e. The average molecular weight is 419 g/mol. The first-order valence-corrected chi connectivity index (χ1v) is 9.76. The second kappa shape index (κ2) is 9.24. The van der Waals surface area contributed by atoms with Gasteiger partial charge in [0.25, 0.3) is 0 Å². The fourth-order valence-electron chi connectivity index (χ4n) is 3.74. The molecule has 0 bridgehead atoms. The standard InChI is InChI=1S/C23H24F3NO3/c1-3-4-13-23(18-7-9-19(24)10-8-18)14-15-27(22(28)30-23)16(2)17-5-11-20(12-6-17)29-21(25)26/h3,5-12,16,21H,1,4,13-15H2,2H3/t16-,23?/m0/s1. The SMILES string of the molecule is C=CCCC1(c2ccc(F)cc2)CCN([C@@H](C)c2ccc(OC(F)F)cc2)C(=O)O1. The maximum atomic E-state index is 13.4. The second-order valence-corrected chi connectivity index (χ2v) is 7.26. The van der Waals surface area contributed by atoms with Crippen LogP contribution in [0.2, 0.25) is 0 Å². The van der Waals surface area contributed by atoms with E-state index < -0.39 is 18.3 Å². The van der Waals surface area contributed by atoms with Crippen molar-refractivity contribution in [3.05, 3.63) is 78.1 Å². The van der Waals surface area contributed by atoms with Gasteiger partial charge in [0.05, 0.1) is 6.04 Å². The van der Waals surface area contributed by atoms with E-state index in [0.717, 1.165) is 11.1 Å². The van der Waals surface area contributed by atoms with Crippen LogP contribution in [-0.2, 0) is 10.3 Å². The number of hydrogen-bond donors (Lipinski definition) is 0.